The SMILES string of the molecule is Cc1ccc(NC2=Nc3ccccc3N3C2=Nc2c(c(C)nn2-c2ccc(C)cc2)C3c2ccccc2)cc1. The number of fused-ring (bicyclic) bond motifs is 4. The van der Waals surface area contributed by atoms with Crippen molar-refractivity contribution in [3.8, 4) is 5.69 Å². The Morgan fingerprint density at radius 3 is 2.10 bits per heavy atom. The maximum absolute atomic E-state index is 5.31. The summed E-state index contributed by atoms with van der Waals surface area (Å²) in [6.07, 6.45) is 0. The minimum absolute atomic E-state index is 0.126. The van der Waals surface area contributed by atoms with Gasteiger partial charge >= 0.3 is 0 Å². The lowest BCUT2D eigenvalue weighted by Crippen LogP contribution is -2.46. The standard InChI is InChI=1S/C33H28N6/c1-21-13-17-25(18-14-21)34-31-33-36-32-29(23(3)37-39(32)26-19-15-22(2)16-20-26)30(24-9-5-4-6-10-24)38(33)28-12-8-7-11-27(28)35-31/h4-20,30H,1-3H3,(H,34,35). The zero-order valence-electron chi connectivity index (χ0n) is 22.1. The number of nitrogens with zero attached hydrogens (tertiary/aromatic N) is 5. The van der Waals surface area contributed by atoms with Crippen LogP contribution in [0.3, 0.4) is 0 Å². The summed E-state index contributed by atoms with van der Waals surface area (Å²) in [6, 6.07) is 35.5. The average Bonchev–Trinajstić information content (AvgIpc) is 3.30. The number of hydrogen-bond donors (Lipinski definition) is 1. The van der Waals surface area contributed by atoms with E-state index in [-0.39, 0.29) is 6.04 Å². The molecule has 1 N–H and O–H groups in total. The van der Waals surface area contributed by atoms with E-state index in [1.165, 1.54) is 16.7 Å². The van der Waals surface area contributed by atoms with Crippen LogP contribution in [-0.4, -0.2) is 21.5 Å². The molecule has 0 spiro atoms. The number of rotatable bonds is 3. The van der Waals surface area contributed by atoms with E-state index in [9.17, 15) is 0 Å². The van der Waals surface area contributed by atoms with Gasteiger partial charge in [-0.05, 0) is 62.7 Å². The summed E-state index contributed by atoms with van der Waals surface area (Å²) in [7, 11) is 0. The summed E-state index contributed by atoms with van der Waals surface area (Å²) >= 11 is 0. The molecule has 0 bridgehead atoms. The van der Waals surface area contributed by atoms with Crippen LogP contribution in [0.1, 0.15) is 34.0 Å². The molecule has 1 aromatic heterocycles. The molecule has 6 heteroatoms. The lowest BCUT2D eigenvalue weighted by Gasteiger charge is -2.40. The molecule has 190 valence electrons. The fourth-order valence-corrected chi connectivity index (χ4v) is 5.39. The van der Waals surface area contributed by atoms with Crippen molar-refractivity contribution in [2.24, 2.45) is 9.98 Å². The molecular formula is C33H28N6. The van der Waals surface area contributed by atoms with Crippen LogP contribution < -0.4 is 10.2 Å². The van der Waals surface area contributed by atoms with E-state index in [4.69, 9.17) is 15.1 Å². The molecule has 0 fully saturated rings. The molecule has 4 aromatic carbocycles. The molecule has 39 heavy (non-hydrogen) atoms. The number of aromatic nitrogens is 2. The average molecular weight is 509 g/mol. The van der Waals surface area contributed by atoms with E-state index in [1.54, 1.807) is 0 Å². The Kier molecular flexibility index (Phi) is 5.40. The van der Waals surface area contributed by atoms with E-state index < -0.39 is 0 Å². The van der Waals surface area contributed by atoms with Crippen molar-refractivity contribution in [2.45, 2.75) is 26.8 Å². The largest absolute Gasteiger partial charge is 0.337 e. The third-order valence-electron chi connectivity index (χ3n) is 7.35. The van der Waals surface area contributed by atoms with Gasteiger partial charge in [0.15, 0.2) is 17.5 Å². The fraction of sp³-hybridized carbons (Fsp3) is 0.121. The number of hydrogen-bond acceptors (Lipinski definition) is 5. The molecule has 6 nitrogen and oxygen atoms in total. The Bertz CT molecular complexity index is 1740. The second kappa shape index (κ2) is 9.10. The van der Waals surface area contributed by atoms with Crippen LogP contribution in [0.25, 0.3) is 5.69 Å². The highest BCUT2D eigenvalue weighted by atomic mass is 15.4. The van der Waals surface area contributed by atoms with Crippen LogP contribution in [-0.2, 0) is 0 Å². The summed E-state index contributed by atoms with van der Waals surface area (Å²) in [6.45, 7) is 6.26. The molecule has 2 aliphatic heterocycles. The smallest absolute Gasteiger partial charge is 0.179 e. The number of anilines is 2. The van der Waals surface area contributed by atoms with Crippen LogP contribution in [0, 0.1) is 20.8 Å². The van der Waals surface area contributed by atoms with Gasteiger partial charge in [0.05, 0.1) is 28.8 Å². The summed E-state index contributed by atoms with van der Waals surface area (Å²) in [5.74, 6) is 2.30. The second-order valence-corrected chi connectivity index (χ2v) is 10.1. The minimum atomic E-state index is -0.126. The van der Waals surface area contributed by atoms with Gasteiger partial charge in [-0.25, -0.2) is 14.7 Å². The summed E-state index contributed by atoms with van der Waals surface area (Å²) < 4.78 is 1.97. The predicted octanol–water partition coefficient (Wildman–Crippen LogP) is 7.59. The third kappa shape index (κ3) is 3.92. The number of nitrogens with one attached hydrogen (secondary N) is 1. The molecule has 2 aliphatic rings. The number of aryl methyl sites for hydroxylation is 3. The van der Waals surface area contributed by atoms with Crippen molar-refractivity contribution in [1.29, 1.82) is 0 Å². The van der Waals surface area contributed by atoms with E-state index >= 15 is 0 Å². The summed E-state index contributed by atoms with van der Waals surface area (Å²) in [5.41, 5.74) is 9.50. The Morgan fingerprint density at radius 2 is 1.36 bits per heavy atom. The van der Waals surface area contributed by atoms with Crippen LogP contribution in [0.2, 0.25) is 0 Å². The van der Waals surface area contributed by atoms with Crippen molar-refractivity contribution in [3.05, 3.63) is 131 Å². The van der Waals surface area contributed by atoms with Gasteiger partial charge in [-0.15, -0.1) is 0 Å². The van der Waals surface area contributed by atoms with Crippen molar-refractivity contribution < 1.29 is 0 Å². The predicted molar refractivity (Wildman–Crippen MR) is 159 cm³/mol. The van der Waals surface area contributed by atoms with Gasteiger partial charge in [-0.1, -0.05) is 77.9 Å². The van der Waals surface area contributed by atoms with Crippen LogP contribution >= 0.6 is 0 Å². The van der Waals surface area contributed by atoms with Crippen LogP contribution in [0.4, 0.5) is 22.9 Å². The summed E-state index contributed by atoms with van der Waals surface area (Å²) in [4.78, 5) is 12.7. The van der Waals surface area contributed by atoms with Crippen LogP contribution in [0.5, 0.6) is 0 Å². The second-order valence-electron chi connectivity index (χ2n) is 10.1. The Balaban J connectivity index is 1.49. The highest BCUT2D eigenvalue weighted by Crippen LogP contribution is 2.48. The Labute approximate surface area is 228 Å². The third-order valence-corrected chi connectivity index (χ3v) is 7.35. The van der Waals surface area contributed by atoms with Gasteiger partial charge in [0.1, 0.15) is 0 Å². The molecule has 3 heterocycles. The first kappa shape index (κ1) is 23.2. The minimum Gasteiger partial charge on any atom is -0.337 e. The van der Waals surface area contributed by atoms with E-state index in [0.29, 0.717) is 5.84 Å². The van der Waals surface area contributed by atoms with Gasteiger partial charge in [0.25, 0.3) is 0 Å². The molecule has 1 atom stereocenters. The van der Waals surface area contributed by atoms with Gasteiger partial charge in [0, 0.05) is 11.3 Å². The normalized spacial score (nSPS) is 15.6. The van der Waals surface area contributed by atoms with Gasteiger partial charge < -0.3 is 10.2 Å². The van der Waals surface area contributed by atoms with E-state index in [2.05, 4.69) is 128 Å². The number of benzene rings is 4. The van der Waals surface area contributed by atoms with Crippen molar-refractivity contribution >= 4 is 34.6 Å². The molecule has 5 aromatic rings. The lowest BCUT2D eigenvalue weighted by atomic mass is 9.93. The highest BCUT2D eigenvalue weighted by molar-refractivity contribution is 6.51. The van der Waals surface area contributed by atoms with E-state index in [1.807, 2.05) is 10.7 Å². The van der Waals surface area contributed by atoms with Crippen molar-refractivity contribution in [3.63, 3.8) is 0 Å². The number of para-hydroxylation sites is 2. The maximum atomic E-state index is 5.31. The Morgan fingerprint density at radius 1 is 0.692 bits per heavy atom. The number of amidine groups is 2. The molecule has 0 saturated carbocycles. The van der Waals surface area contributed by atoms with E-state index in [0.717, 1.165) is 45.7 Å². The summed E-state index contributed by atoms with van der Waals surface area (Å²) in [5, 5.41) is 8.60. The molecule has 1 unspecified atom stereocenters. The lowest BCUT2D eigenvalue weighted by molar-refractivity contribution is 0.815. The van der Waals surface area contributed by atoms with Crippen LogP contribution in [0.15, 0.2) is 113 Å². The quantitative estimate of drug-likeness (QED) is 0.273. The number of aliphatic imine (C=N–C) groups is 2. The Hall–Kier alpha value is -4.97. The molecule has 0 saturated heterocycles. The van der Waals surface area contributed by atoms with Gasteiger partial charge in [-0.3, -0.25) is 0 Å². The first-order valence-electron chi connectivity index (χ1n) is 13.2. The van der Waals surface area contributed by atoms with Crippen molar-refractivity contribution in [1.82, 2.24) is 9.78 Å². The fourth-order valence-electron chi connectivity index (χ4n) is 5.39. The zero-order chi connectivity index (χ0) is 26.5. The zero-order valence-corrected chi connectivity index (χ0v) is 22.1. The monoisotopic (exact) mass is 508 g/mol. The maximum Gasteiger partial charge on any atom is 0.179 e. The first-order valence-corrected chi connectivity index (χ1v) is 13.2. The van der Waals surface area contributed by atoms with Gasteiger partial charge in [-0.2, -0.15) is 5.10 Å². The molecule has 0 amide bonds. The molecule has 0 aliphatic carbocycles. The molecule has 0 radical (unpaired) electrons. The first-order chi connectivity index (χ1) is 19.1. The van der Waals surface area contributed by atoms with Crippen molar-refractivity contribution in [2.75, 3.05) is 10.2 Å². The highest BCUT2D eigenvalue weighted by Gasteiger charge is 2.41. The molecular weight excluding hydrogens is 480 g/mol. The van der Waals surface area contributed by atoms with Gasteiger partial charge in [0.2, 0.25) is 0 Å². The molecule has 7 rings (SSSR count). The topological polar surface area (TPSA) is 57.8 Å².